The van der Waals surface area contributed by atoms with Crippen LogP contribution in [-0.2, 0) is 0 Å². The Balaban J connectivity index is 0. The maximum Gasteiger partial charge on any atom is 0.00772 e. The number of hydrogen-bond donors (Lipinski definition) is 4. The van der Waals surface area contributed by atoms with E-state index in [0.717, 1.165) is 45.8 Å². The average molecular weight is 232 g/mol. The summed E-state index contributed by atoms with van der Waals surface area (Å²) in [5, 5.41) is 9.98. The second-order valence-corrected chi connectivity index (χ2v) is 3.39. The molecule has 0 saturated carbocycles. The van der Waals surface area contributed by atoms with Crippen LogP contribution in [0.5, 0.6) is 0 Å². The Morgan fingerprint density at radius 2 is 1.19 bits per heavy atom. The minimum absolute atomic E-state index is 0.721. The van der Waals surface area contributed by atoms with E-state index in [1.807, 2.05) is 13.8 Å². The molecule has 0 saturated heterocycles. The highest BCUT2D eigenvalue weighted by Gasteiger charge is 1.88. The van der Waals surface area contributed by atoms with Crippen molar-refractivity contribution in [2.75, 3.05) is 45.8 Å². The molecule has 0 aliphatic rings. The van der Waals surface area contributed by atoms with E-state index in [0.29, 0.717) is 0 Å². The van der Waals surface area contributed by atoms with Gasteiger partial charge in [0.25, 0.3) is 0 Å². The van der Waals surface area contributed by atoms with Crippen LogP contribution >= 0.6 is 0 Å². The van der Waals surface area contributed by atoms with E-state index in [-0.39, 0.29) is 0 Å². The Hall–Kier alpha value is -0.160. The molecule has 100 valence electrons. The van der Waals surface area contributed by atoms with E-state index in [2.05, 4.69) is 22.9 Å². The largest absolute Gasteiger partial charge is 0.329 e. The maximum atomic E-state index is 5.34. The Labute approximate surface area is 102 Å². The lowest BCUT2D eigenvalue weighted by atomic mass is 10.3. The van der Waals surface area contributed by atoms with Gasteiger partial charge in [-0.3, -0.25) is 0 Å². The van der Waals surface area contributed by atoms with Gasteiger partial charge in [0.15, 0.2) is 0 Å². The fourth-order valence-corrected chi connectivity index (χ4v) is 1.13. The average Bonchev–Trinajstić information content (AvgIpc) is 2.34. The van der Waals surface area contributed by atoms with Crippen molar-refractivity contribution < 1.29 is 0 Å². The first kappa shape index (κ1) is 18.2. The first-order chi connectivity index (χ1) is 7.91. The van der Waals surface area contributed by atoms with Gasteiger partial charge in [-0.25, -0.2) is 0 Å². The summed E-state index contributed by atoms with van der Waals surface area (Å²) in [6.45, 7) is 13.1. The minimum atomic E-state index is 0.721. The molecule has 4 heteroatoms. The van der Waals surface area contributed by atoms with Crippen LogP contribution in [0.2, 0.25) is 0 Å². The van der Waals surface area contributed by atoms with Crippen molar-refractivity contribution in [1.29, 1.82) is 0 Å². The first-order valence-electron chi connectivity index (χ1n) is 6.74. The fraction of sp³-hybridized carbons (Fsp3) is 1.00. The lowest BCUT2D eigenvalue weighted by Gasteiger charge is -2.06. The second-order valence-electron chi connectivity index (χ2n) is 3.39. The van der Waals surface area contributed by atoms with Crippen LogP contribution in [0.15, 0.2) is 0 Å². The number of nitrogens with two attached hydrogens (primary N) is 1. The van der Waals surface area contributed by atoms with Gasteiger partial charge in [0, 0.05) is 39.3 Å². The molecule has 4 nitrogen and oxygen atoms in total. The molecule has 0 aromatic rings. The van der Waals surface area contributed by atoms with Crippen LogP contribution in [0, 0.1) is 0 Å². The third-order valence-electron chi connectivity index (χ3n) is 1.99. The van der Waals surface area contributed by atoms with Gasteiger partial charge in [0.05, 0.1) is 0 Å². The topological polar surface area (TPSA) is 62.1 Å². The van der Waals surface area contributed by atoms with Gasteiger partial charge in [0.1, 0.15) is 0 Å². The lowest BCUT2D eigenvalue weighted by molar-refractivity contribution is 0.574. The zero-order valence-corrected chi connectivity index (χ0v) is 11.4. The van der Waals surface area contributed by atoms with Gasteiger partial charge in [-0.1, -0.05) is 27.2 Å². The molecule has 0 atom stereocenters. The van der Waals surface area contributed by atoms with E-state index < -0.39 is 0 Å². The summed E-state index contributed by atoms with van der Waals surface area (Å²) in [4.78, 5) is 0. The standard InChI is InChI=1S/C10H26N4.C2H6/c1-2-3-5-12-7-9-14-10-8-13-6-4-11;1-2/h12-14H,2-11H2,1H3;1-2H3. The monoisotopic (exact) mass is 232 g/mol. The summed E-state index contributed by atoms with van der Waals surface area (Å²) in [6, 6.07) is 0. The molecule has 0 bridgehead atoms. The molecule has 0 radical (unpaired) electrons. The number of unbranched alkanes of at least 4 members (excludes halogenated alkanes) is 1. The van der Waals surface area contributed by atoms with Gasteiger partial charge >= 0.3 is 0 Å². The molecule has 16 heavy (non-hydrogen) atoms. The SMILES string of the molecule is CC.CCCCNCCNCCNCCN. The highest BCUT2D eigenvalue weighted by molar-refractivity contribution is 4.54. The van der Waals surface area contributed by atoms with Gasteiger partial charge in [0.2, 0.25) is 0 Å². The fourth-order valence-electron chi connectivity index (χ4n) is 1.13. The Kier molecular flexibility index (Phi) is 23.1. The number of nitrogens with one attached hydrogen (secondary N) is 3. The third kappa shape index (κ3) is 19.4. The Morgan fingerprint density at radius 3 is 1.62 bits per heavy atom. The zero-order chi connectivity index (χ0) is 12.5. The zero-order valence-electron chi connectivity index (χ0n) is 11.4. The van der Waals surface area contributed by atoms with Crippen molar-refractivity contribution >= 4 is 0 Å². The van der Waals surface area contributed by atoms with Crippen LogP contribution in [0.3, 0.4) is 0 Å². The highest BCUT2D eigenvalue weighted by Crippen LogP contribution is 1.80. The van der Waals surface area contributed by atoms with Gasteiger partial charge in [-0.15, -0.1) is 0 Å². The molecular formula is C12H32N4. The van der Waals surface area contributed by atoms with Crippen LogP contribution in [0.1, 0.15) is 33.6 Å². The van der Waals surface area contributed by atoms with Crippen LogP contribution < -0.4 is 21.7 Å². The molecule has 0 aromatic heterocycles. The van der Waals surface area contributed by atoms with E-state index in [4.69, 9.17) is 5.73 Å². The predicted octanol–water partition coefficient (Wildman–Crippen LogP) is 0.540. The summed E-state index contributed by atoms with van der Waals surface area (Å²) in [7, 11) is 0. The molecule has 0 rings (SSSR count). The molecule has 0 aliphatic heterocycles. The normalized spacial score (nSPS) is 9.75. The molecule has 0 aromatic carbocycles. The van der Waals surface area contributed by atoms with E-state index in [1.165, 1.54) is 12.8 Å². The van der Waals surface area contributed by atoms with Gasteiger partial charge in [-0.05, 0) is 13.0 Å². The quantitative estimate of drug-likeness (QED) is 0.393. The number of rotatable bonds is 11. The van der Waals surface area contributed by atoms with Crippen molar-refractivity contribution in [1.82, 2.24) is 16.0 Å². The van der Waals surface area contributed by atoms with E-state index in [9.17, 15) is 0 Å². The van der Waals surface area contributed by atoms with Crippen molar-refractivity contribution in [3.05, 3.63) is 0 Å². The number of hydrogen-bond acceptors (Lipinski definition) is 4. The van der Waals surface area contributed by atoms with Crippen LogP contribution in [0.4, 0.5) is 0 Å². The third-order valence-corrected chi connectivity index (χ3v) is 1.99. The van der Waals surface area contributed by atoms with Crippen LogP contribution in [-0.4, -0.2) is 45.8 Å². The summed E-state index contributed by atoms with van der Waals surface area (Å²) in [5.41, 5.74) is 5.34. The summed E-state index contributed by atoms with van der Waals surface area (Å²) >= 11 is 0. The summed E-state index contributed by atoms with van der Waals surface area (Å²) in [5.74, 6) is 0. The molecule has 0 spiro atoms. The first-order valence-corrected chi connectivity index (χ1v) is 6.74. The van der Waals surface area contributed by atoms with Crippen molar-refractivity contribution in [3.63, 3.8) is 0 Å². The van der Waals surface area contributed by atoms with Gasteiger partial charge in [-0.2, -0.15) is 0 Å². The molecule has 0 heterocycles. The smallest absolute Gasteiger partial charge is 0.00772 e. The predicted molar refractivity (Wildman–Crippen MR) is 73.9 cm³/mol. The summed E-state index contributed by atoms with van der Waals surface area (Å²) < 4.78 is 0. The van der Waals surface area contributed by atoms with Crippen LogP contribution in [0.25, 0.3) is 0 Å². The van der Waals surface area contributed by atoms with Crippen molar-refractivity contribution in [2.24, 2.45) is 5.73 Å². The minimum Gasteiger partial charge on any atom is -0.329 e. The molecule has 0 unspecified atom stereocenters. The molecule has 0 aliphatic carbocycles. The van der Waals surface area contributed by atoms with E-state index in [1.54, 1.807) is 0 Å². The molecule has 5 N–H and O–H groups in total. The Bertz CT molecular complexity index is 87.0. The van der Waals surface area contributed by atoms with Gasteiger partial charge < -0.3 is 21.7 Å². The Morgan fingerprint density at radius 1 is 0.750 bits per heavy atom. The summed E-state index contributed by atoms with van der Waals surface area (Å²) in [6.07, 6.45) is 2.54. The molecule has 0 amide bonds. The highest BCUT2D eigenvalue weighted by atomic mass is 15.0. The molecule has 0 fully saturated rings. The van der Waals surface area contributed by atoms with Crippen molar-refractivity contribution in [2.45, 2.75) is 33.6 Å². The second kappa shape index (κ2) is 20.3. The lowest BCUT2D eigenvalue weighted by Crippen LogP contribution is -2.34. The maximum absolute atomic E-state index is 5.34. The molecular weight excluding hydrogens is 200 g/mol. The van der Waals surface area contributed by atoms with E-state index >= 15 is 0 Å². The van der Waals surface area contributed by atoms with Crippen molar-refractivity contribution in [3.8, 4) is 0 Å².